The van der Waals surface area contributed by atoms with E-state index in [1.54, 1.807) is 26.8 Å². The maximum Gasteiger partial charge on any atom is 0.355 e. The fourth-order valence-electron chi connectivity index (χ4n) is 5.34. The van der Waals surface area contributed by atoms with Crippen LogP contribution >= 0.6 is 0 Å². The molecule has 0 aliphatic carbocycles. The number of ether oxygens (including phenoxy) is 5. The van der Waals surface area contributed by atoms with E-state index in [1.807, 2.05) is 44.2 Å². The summed E-state index contributed by atoms with van der Waals surface area (Å²) in [6, 6.07) is 9.87. The zero-order chi connectivity index (χ0) is 38.1. The number of hydrogen-bond donors (Lipinski definition) is 2. The highest BCUT2D eigenvalue weighted by molar-refractivity contribution is 6.76. The molecule has 0 saturated carbocycles. The number of carbonyl (C=O) groups excluding carboxylic acids is 5. The third kappa shape index (κ3) is 12.0. The van der Waals surface area contributed by atoms with Crippen molar-refractivity contribution in [2.45, 2.75) is 98.2 Å². The molecule has 1 aromatic carbocycles. The summed E-state index contributed by atoms with van der Waals surface area (Å²) in [4.78, 5) is 68.6. The van der Waals surface area contributed by atoms with E-state index in [-0.39, 0.29) is 50.2 Å². The van der Waals surface area contributed by atoms with Gasteiger partial charge in [0.2, 0.25) is 0 Å². The summed E-state index contributed by atoms with van der Waals surface area (Å²) in [5.74, 6) is -3.32. The summed E-state index contributed by atoms with van der Waals surface area (Å²) >= 11 is 0. The number of allylic oxidation sites excluding steroid dienone is 2. The first kappa shape index (κ1) is 40.8. The molecular weight excluding hydrogens is 673 g/mol. The Kier molecular flexibility index (Phi) is 13.6. The molecule has 0 spiro atoms. The molecule has 12 nitrogen and oxygen atoms in total. The van der Waals surface area contributed by atoms with Gasteiger partial charge in [0.1, 0.15) is 17.9 Å². The van der Waals surface area contributed by atoms with Crippen LogP contribution in [0.1, 0.15) is 80.3 Å². The molecule has 0 radical (unpaired) electrons. The predicted octanol–water partition coefficient (Wildman–Crippen LogP) is 6.03. The Balaban J connectivity index is 2.14. The molecule has 1 fully saturated rings. The summed E-state index contributed by atoms with van der Waals surface area (Å²) in [6.07, 6.45) is 1.78. The van der Waals surface area contributed by atoms with Crippen molar-refractivity contribution in [1.29, 1.82) is 0 Å². The molecule has 0 atom stereocenters. The van der Waals surface area contributed by atoms with Crippen molar-refractivity contribution in [2.24, 2.45) is 5.41 Å². The molecule has 1 aliphatic rings. The van der Waals surface area contributed by atoms with E-state index in [2.05, 4.69) is 29.9 Å². The minimum atomic E-state index is -1.54. The van der Waals surface area contributed by atoms with Gasteiger partial charge in [0.25, 0.3) is 0 Å². The van der Waals surface area contributed by atoms with Crippen LogP contribution in [0.4, 0.5) is 0 Å². The van der Waals surface area contributed by atoms with Gasteiger partial charge in [-0.2, -0.15) is 0 Å². The SMILES string of the molecule is COC(=O)CCc1c(C(=O)OC(C)(C)C)[nH]c(/C=C2\N/C(=C(\C(=O)OCC[Si](C)(C)C)C(=O)OCc3ccccc3)CC2(C)C)c1CC(=O)OC. The summed E-state index contributed by atoms with van der Waals surface area (Å²) in [7, 11) is 0.988. The molecule has 0 bridgehead atoms. The normalized spacial score (nSPS) is 15.8. The maximum atomic E-state index is 13.6. The average molecular weight is 725 g/mol. The smallest absolute Gasteiger partial charge is 0.355 e. The van der Waals surface area contributed by atoms with Crippen molar-refractivity contribution in [2.75, 3.05) is 20.8 Å². The highest BCUT2D eigenvalue weighted by Crippen LogP contribution is 2.41. The zero-order valence-electron chi connectivity index (χ0n) is 31.5. The number of esters is 5. The van der Waals surface area contributed by atoms with Gasteiger partial charge >= 0.3 is 29.8 Å². The van der Waals surface area contributed by atoms with Crippen LogP contribution in [0.25, 0.3) is 6.08 Å². The second kappa shape index (κ2) is 17.0. The van der Waals surface area contributed by atoms with Crippen LogP contribution in [0.5, 0.6) is 0 Å². The highest BCUT2D eigenvalue weighted by atomic mass is 28.3. The first-order chi connectivity index (χ1) is 23.7. The van der Waals surface area contributed by atoms with Crippen molar-refractivity contribution in [3.05, 3.63) is 75.4 Å². The number of hydrogen-bond acceptors (Lipinski definition) is 11. The van der Waals surface area contributed by atoms with Crippen molar-refractivity contribution in [3.8, 4) is 0 Å². The lowest BCUT2D eigenvalue weighted by atomic mass is 9.87. The third-order valence-electron chi connectivity index (χ3n) is 8.14. The second-order valence-corrected chi connectivity index (χ2v) is 20.9. The zero-order valence-corrected chi connectivity index (χ0v) is 32.5. The van der Waals surface area contributed by atoms with Gasteiger partial charge in [0.15, 0.2) is 5.57 Å². The summed E-state index contributed by atoms with van der Waals surface area (Å²) < 4.78 is 26.7. The van der Waals surface area contributed by atoms with Crippen molar-refractivity contribution in [1.82, 2.24) is 10.3 Å². The highest BCUT2D eigenvalue weighted by Gasteiger charge is 2.39. The van der Waals surface area contributed by atoms with Crippen LogP contribution in [0.15, 0.2) is 47.3 Å². The molecule has 2 N–H and O–H groups in total. The molecule has 2 aromatic rings. The van der Waals surface area contributed by atoms with E-state index >= 15 is 0 Å². The number of H-pyrrole nitrogens is 1. The Hall–Kier alpha value is -4.65. The van der Waals surface area contributed by atoms with Gasteiger partial charge < -0.3 is 34.0 Å². The van der Waals surface area contributed by atoms with Crippen LogP contribution in [-0.2, 0) is 62.3 Å². The van der Waals surface area contributed by atoms with Crippen LogP contribution in [0, 0.1) is 5.41 Å². The lowest BCUT2D eigenvalue weighted by Crippen LogP contribution is -2.26. The van der Waals surface area contributed by atoms with Crippen molar-refractivity contribution >= 4 is 44.0 Å². The first-order valence-corrected chi connectivity index (χ1v) is 20.7. The van der Waals surface area contributed by atoms with Crippen LogP contribution < -0.4 is 5.32 Å². The standard InChI is InChI=1S/C38H52N2O10Si/c1-37(2,3)50-36(45)33-25(16-17-30(41)46-6)26(20-31(42)47-7)27(40-33)21-29-38(4,5)22-28(39-29)32(34(43)48-18-19-51(8,9)10)35(44)49-23-24-14-12-11-13-15-24/h11-15,21,39-40H,16-20,22-23H2,1-10H3/b29-21-,32-28+. The molecule has 51 heavy (non-hydrogen) atoms. The Labute approximate surface area is 301 Å². The summed E-state index contributed by atoms with van der Waals surface area (Å²) in [6.45, 7) is 15.7. The van der Waals surface area contributed by atoms with Gasteiger partial charge in [-0.05, 0) is 62.4 Å². The maximum absolute atomic E-state index is 13.6. The number of aromatic nitrogens is 1. The van der Waals surface area contributed by atoms with Crippen LogP contribution in [-0.4, -0.2) is 69.3 Å². The molecule has 1 saturated heterocycles. The van der Waals surface area contributed by atoms with E-state index in [1.165, 1.54) is 14.2 Å². The minimum Gasteiger partial charge on any atom is -0.469 e. The molecule has 3 rings (SSSR count). The molecular formula is C38H52N2O10Si. The lowest BCUT2D eigenvalue weighted by molar-refractivity contribution is -0.148. The Morgan fingerprint density at radius 1 is 0.902 bits per heavy atom. The largest absolute Gasteiger partial charge is 0.469 e. The molecule has 1 aromatic heterocycles. The molecule has 0 unspecified atom stereocenters. The number of methoxy groups -OCH3 is 2. The minimum absolute atomic E-state index is 0.0358. The van der Waals surface area contributed by atoms with E-state index < -0.39 is 48.9 Å². The Bertz CT molecular complexity index is 1670. The number of carbonyl (C=O) groups is 5. The first-order valence-electron chi connectivity index (χ1n) is 17.0. The van der Waals surface area contributed by atoms with Gasteiger partial charge in [-0.3, -0.25) is 9.59 Å². The predicted molar refractivity (Wildman–Crippen MR) is 194 cm³/mol. The van der Waals surface area contributed by atoms with Gasteiger partial charge in [0, 0.05) is 37.0 Å². The second-order valence-electron chi connectivity index (χ2n) is 15.3. The number of benzene rings is 1. The van der Waals surface area contributed by atoms with Gasteiger partial charge in [-0.15, -0.1) is 0 Å². The molecule has 1 aliphatic heterocycles. The van der Waals surface area contributed by atoms with E-state index in [9.17, 15) is 24.0 Å². The summed E-state index contributed by atoms with van der Waals surface area (Å²) in [5.41, 5.74) is 1.27. The van der Waals surface area contributed by atoms with Crippen molar-refractivity contribution < 1.29 is 47.7 Å². The fourth-order valence-corrected chi connectivity index (χ4v) is 6.05. The average Bonchev–Trinajstić information content (AvgIpc) is 3.52. The van der Waals surface area contributed by atoms with Gasteiger partial charge in [-0.25, -0.2) is 14.4 Å². The number of nitrogens with one attached hydrogen (secondary N) is 2. The monoisotopic (exact) mass is 724 g/mol. The van der Waals surface area contributed by atoms with Crippen LogP contribution in [0.3, 0.4) is 0 Å². The molecule has 0 amide bonds. The number of aromatic amines is 1. The molecule has 278 valence electrons. The van der Waals surface area contributed by atoms with E-state index in [0.717, 1.165) is 11.6 Å². The van der Waals surface area contributed by atoms with E-state index in [4.69, 9.17) is 23.7 Å². The van der Waals surface area contributed by atoms with Crippen LogP contribution in [0.2, 0.25) is 25.7 Å². The van der Waals surface area contributed by atoms with E-state index in [0.29, 0.717) is 28.2 Å². The fraction of sp³-hybridized carbons (Fsp3) is 0.500. The summed E-state index contributed by atoms with van der Waals surface area (Å²) in [5, 5.41) is 3.27. The quantitative estimate of drug-likeness (QED) is 0.0585. The van der Waals surface area contributed by atoms with Crippen molar-refractivity contribution in [3.63, 3.8) is 0 Å². The van der Waals surface area contributed by atoms with Gasteiger partial charge in [0.05, 0.1) is 27.2 Å². The Morgan fingerprint density at radius 3 is 2.12 bits per heavy atom. The third-order valence-corrected chi connectivity index (χ3v) is 9.84. The molecule has 13 heteroatoms. The molecule has 2 heterocycles. The Morgan fingerprint density at radius 2 is 1.53 bits per heavy atom. The topological polar surface area (TPSA) is 159 Å². The number of rotatable bonds is 14. The lowest BCUT2D eigenvalue weighted by Gasteiger charge is -2.19. The van der Waals surface area contributed by atoms with Gasteiger partial charge in [-0.1, -0.05) is 63.8 Å².